The molecule has 2 heterocycles. The Hall–Kier alpha value is -2.76. The molecule has 0 fully saturated rings. The highest BCUT2D eigenvalue weighted by atomic mass is 16.2. The SMILES string of the molecule is CN(Cc1ncn[nH]1)C(=O)c1cccc2cccnc12. The Kier molecular flexibility index (Phi) is 3.12. The minimum absolute atomic E-state index is 0.0919. The Balaban J connectivity index is 1.92. The zero-order valence-corrected chi connectivity index (χ0v) is 10.9. The molecule has 0 bridgehead atoms. The third kappa shape index (κ3) is 2.23. The van der Waals surface area contributed by atoms with Gasteiger partial charge in [-0.15, -0.1) is 0 Å². The van der Waals surface area contributed by atoms with Crippen LogP contribution in [0.25, 0.3) is 10.9 Å². The molecule has 3 aromatic rings. The average molecular weight is 267 g/mol. The van der Waals surface area contributed by atoms with Gasteiger partial charge in [-0.05, 0) is 12.1 Å². The quantitative estimate of drug-likeness (QED) is 0.782. The summed E-state index contributed by atoms with van der Waals surface area (Å²) in [6, 6.07) is 9.38. The molecule has 0 unspecified atom stereocenters. The third-order valence-corrected chi connectivity index (χ3v) is 3.06. The van der Waals surface area contributed by atoms with E-state index >= 15 is 0 Å². The second kappa shape index (κ2) is 5.08. The average Bonchev–Trinajstić information content (AvgIpc) is 2.99. The van der Waals surface area contributed by atoms with Crippen LogP contribution in [-0.4, -0.2) is 38.0 Å². The Morgan fingerprint density at radius 2 is 2.10 bits per heavy atom. The van der Waals surface area contributed by atoms with Crippen molar-refractivity contribution in [2.45, 2.75) is 6.54 Å². The first-order valence-corrected chi connectivity index (χ1v) is 6.19. The molecule has 20 heavy (non-hydrogen) atoms. The van der Waals surface area contributed by atoms with E-state index in [0.29, 0.717) is 23.4 Å². The molecule has 0 atom stereocenters. The standard InChI is InChI=1S/C14H13N5O/c1-19(8-12-16-9-17-18-12)14(20)11-6-2-4-10-5-3-7-15-13(10)11/h2-7,9H,8H2,1H3,(H,16,17,18). The third-order valence-electron chi connectivity index (χ3n) is 3.06. The second-order valence-electron chi connectivity index (χ2n) is 4.47. The van der Waals surface area contributed by atoms with Crippen molar-refractivity contribution in [1.29, 1.82) is 0 Å². The Morgan fingerprint density at radius 3 is 2.90 bits per heavy atom. The summed E-state index contributed by atoms with van der Waals surface area (Å²) in [4.78, 5) is 22.4. The van der Waals surface area contributed by atoms with Crippen LogP contribution in [0.15, 0.2) is 42.9 Å². The number of nitrogens with one attached hydrogen (secondary N) is 1. The normalized spacial score (nSPS) is 10.7. The van der Waals surface area contributed by atoms with E-state index in [9.17, 15) is 4.79 Å². The van der Waals surface area contributed by atoms with E-state index in [4.69, 9.17) is 0 Å². The smallest absolute Gasteiger partial charge is 0.256 e. The van der Waals surface area contributed by atoms with Crippen LogP contribution in [0.2, 0.25) is 0 Å². The number of carbonyl (C=O) groups excluding carboxylic acids is 1. The van der Waals surface area contributed by atoms with Gasteiger partial charge in [0.15, 0.2) is 0 Å². The first kappa shape index (κ1) is 12.3. The maximum atomic E-state index is 12.5. The summed E-state index contributed by atoms with van der Waals surface area (Å²) >= 11 is 0. The van der Waals surface area contributed by atoms with Crippen LogP contribution in [0.1, 0.15) is 16.2 Å². The van der Waals surface area contributed by atoms with Gasteiger partial charge in [0, 0.05) is 18.6 Å². The number of aromatic nitrogens is 4. The fourth-order valence-corrected chi connectivity index (χ4v) is 2.09. The van der Waals surface area contributed by atoms with Crippen molar-refractivity contribution in [2.75, 3.05) is 7.05 Å². The van der Waals surface area contributed by atoms with Crippen molar-refractivity contribution in [3.05, 3.63) is 54.2 Å². The minimum Gasteiger partial charge on any atom is -0.334 e. The van der Waals surface area contributed by atoms with Crippen LogP contribution >= 0.6 is 0 Å². The van der Waals surface area contributed by atoms with Gasteiger partial charge in [0.2, 0.25) is 0 Å². The summed E-state index contributed by atoms with van der Waals surface area (Å²) in [5, 5.41) is 7.46. The molecule has 3 rings (SSSR count). The molecule has 1 amide bonds. The summed E-state index contributed by atoms with van der Waals surface area (Å²) < 4.78 is 0. The Labute approximate surface area is 115 Å². The molecular formula is C14H13N5O. The van der Waals surface area contributed by atoms with E-state index < -0.39 is 0 Å². The van der Waals surface area contributed by atoms with Crippen molar-refractivity contribution in [2.24, 2.45) is 0 Å². The molecule has 0 aliphatic heterocycles. The number of hydrogen-bond acceptors (Lipinski definition) is 4. The maximum Gasteiger partial charge on any atom is 0.256 e. The number of H-pyrrole nitrogens is 1. The Morgan fingerprint density at radius 1 is 1.25 bits per heavy atom. The van der Waals surface area contributed by atoms with Gasteiger partial charge in [-0.1, -0.05) is 18.2 Å². The summed E-state index contributed by atoms with van der Waals surface area (Å²) in [7, 11) is 1.73. The van der Waals surface area contributed by atoms with Crippen LogP contribution < -0.4 is 0 Å². The van der Waals surface area contributed by atoms with Crippen LogP contribution in [0.4, 0.5) is 0 Å². The van der Waals surface area contributed by atoms with Gasteiger partial charge in [-0.2, -0.15) is 5.10 Å². The highest BCUT2D eigenvalue weighted by molar-refractivity contribution is 6.05. The molecule has 6 nitrogen and oxygen atoms in total. The number of nitrogens with zero attached hydrogens (tertiary/aromatic N) is 4. The zero-order chi connectivity index (χ0) is 13.9. The first-order valence-electron chi connectivity index (χ1n) is 6.19. The van der Waals surface area contributed by atoms with Gasteiger partial charge >= 0.3 is 0 Å². The number of amides is 1. The number of para-hydroxylation sites is 1. The molecule has 0 aliphatic carbocycles. The van der Waals surface area contributed by atoms with Gasteiger partial charge in [0.05, 0.1) is 17.6 Å². The minimum atomic E-state index is -0.0919. The summed E-state index contributed by atoms with van der Waals surface area (Å²) in [5.41, 5.74) is 1.30. The maximum absolute atomic E-state index is 12.5. The van der Waals surface area contributed by atoms with Gasteiger partial charge in [-0.25, -0.2) is 4.98 Å². The van der Waals surface area contributed by atoms with Crippen molar-refractivity contribution >= 4 is 16.8 Å². The van der Waals surface area contributed by atoms with Gasteiger partial charge < -0.3 is 4.90 Å². The monoisotopic (exact) mass is 267 g/mol. The summed E-state index contributed by atoms with van der Waals surface area (Å²) in [5.74, 6) is 0.555. The van der Waals surface area contributed by atoms with E-state index in [1.807, 2.05) is 24.3 Å². The molecule has 1 aromatic carbocycles. The van der Waals surface area contributed by atoms with E-state index in [1.165, 1.54) is 6.33 Å². The second-order valence-corrected chi connectivity index (χ2v) is 4.47. The number of rotatable bonds is 3. The van der Waals surface area contributed by atoms with Crippen molar-refractivity contribution in [1.82, 2.24) is 25.1 Å². The molecular weight excluding hydrogens is 254 g/mol. The fourth-order valence-electron chi connectivity index (χ4n) is 2.09. The predicted octanol–water partition coefficient (Wildman–Crippen LogP) is 1.63. The predicted molar refractivity (Wildman–Crippen MR) is 73.9 cm³/mol. The molecule has 6 heteroatoms. The zero-order valence-electron chi connectivity index (χ0n) is 10.9. The van der Waals surface area contributed by atoms with E-state index in [1.54, 1.807) is 24.2 Å². The number of aromatic amines is 1. The number of fused-ring (bicyclic) bond motifs is 1. The fraction of sp³-hybridized carbons (Fsp3) is 0.143. The molecule has 0 spiro atoms. The van der Waals surface area contributed by atoms with Crippen molar-refractivity contribution in [3.8, 4) is 0 Å². The highest BCUT2D eigenvalue weighted by Crippen LogP contribution is 2.17. The molecule has 0 radical (unpaired) electrons. The summed E-state index contributed by atoms with van der Waals surface area (Å²) in [6.07, 6.45) is 3.11. The largest absolute Gasteiger partial charge is 0.334 e. The molecule has 100 valence electrons. The molecule has 0 saturated carbocycles. The summed E-state index contributed by atoms with van der Waals surface area (Å²) in [6.45, 7) is 0.377. The van der Waals surface area contributed by atoms with Gasteiger partial charge in [0.1, 0.15) is 12.2 Å². The first-order chi connectivity index (χ1) is 9.75. The molecule has 1 N–H and O–H groups in total. The Bertz CT molecular complexity index is 733. The topological polar surface area (TPSA) is 74.8 Å². The lowest BCUT2D eigenvalue weighted by Crippen LogP contribution is -2.27. The van der Waals surface area contributed by atoms with Crippen LogP contribution in [0, 0.1) is 0 Å². The van der Waals surface area contributed by atoms with E-state index in [2.05, 4.69) is 20.2 Å². The number of benzene rings is 1. The van der Waals surface area contributed by atoms with E-state index in [-0.39, 0.29) is 5.91 Å². The van der Waals surface area contributed by atoms with Gasteiger partial charge in [0.25, 0.3) is 5.91 Å². The molecule has 0 saturated heterocycles. The van der Waals surface area contributed by atoms with Gasteiger partial charge in [-0.3, -0.25) is 14.9 Å². The molecule has 2 aromatic heterocycles. The lowest BCUT2D eigenvalue weighted by atomic mass is 10.1. The van der Waals surface area contributed by atoms with Crippen LogP contribution in [0.3, 0.4) is 0 Å². The highest BCUT2D eigenvalue weighted by Gasteiger charge is 2.16. The number of carbonyl (C=O) groups is 1. The van der Waals surface area contributed by atoms with Crippen molar-refractivity contribution < 1.29 is 4.79 Å². The van der Waals surface area contributed by atoms with E-state index in [0.717, 1.165) is 5.39 Å². The van der Waals surface area contributed by atoms with Crippen LogP contribution in [0.5, 0.6) is 0 Å². The molecule has 0 aliphatic rings. The number of hydrogen-bond donors (Lipinski definition) is 1. The lowest BCUT2D eigenvalue weighted by molar-refractivity contribution is 0.0783. The lowest BCUT2D eigenvalue weighted by Gasteiger charge is -2.16. The number of pyridine rings is 1. The van der Waals surface area contributed by atoms with Crippen LogP contribution in [-0.2, 0) is 6.54 Å². The van der Waals surface area contributed by atoms with Crippen molar-refractivity contribution in [3.63, 3.8) is 0 Å².